The smallest absolute Gasteiger partial charge is 0.158 e. The van der Waals surface area contributed by atoms with Crippen molar-refractivity contribution in [3.63, 3.8) is 0 Å². The molecule has 0 radical (unpaired) electrons. The van der Waals surface area contributed by atoms with E-state index in [0.29, 0.717) is 5.02 Å². The van der Waals surface area contributed by atoms with Gasteiger partial charge in [-0.05, 0) is 49.6 Å². The van der Waals surface area contributed by atoms with Gasteiger partial charge in [0, 0.05) is 20.0 Å². The van der Waals surface area contributed by atoms with Crippen LogP contribution in [0.5, 0.6) is 0 Å². The summed E-state index contributed by atoms with van der Waals surface area (Å²) in [6.07, 6.45) is 2.42. The lowest BCUT2D eigenvalue weighted by atomic mass is 9.96. The zero-order valence-electron chi connectivity index (χ0n) is 15.7. The monoisotopic (exact) mass is 369 g/mol. The molecule has 0 spiro atoms. The number of aryl methyl sites for hydroxylation is 2. The number of nitrogens with zero attached hydrogens (tertiary/aromatic N) is 3. The molecule has 1 unspecified atom stereocenters. The normalized spacial score (nSPS) is 16.7. The van der Waals surface area contributed by atoms with Crippen LogP contribution in [0.2, 0.25) is 5.02 Å². The van der Waals surface area contributed by atoms with Crippen molar-refractivity contribution in [3.05, 3.63) is 63.7 Å². The third-order valence-electron chi connectivity index (χ3n) is 4.63. The van der Waals surface area contributed by atoms with Gasteiger partial charge in [0.25, 0.3) is 0 Å². The fourth-order valence-electron chi connectivity index (χ4n) is 2.83. The summed E-state index contributed by atoms with van der Waals surface area (Å²) < 4.78 is 0. The predicted octanol–water partition coefficient (Wildman–Crippen LogP) is 5.43. The maximum absolute atomic E-state index is 6.45. The van der Waals surface area contributed by atoms with Crippen molar-refractivity contribution in [2.24, 2.45) is 10.1 Å². The maximum atomic E-state index is 6.45. The van der Waals surface area contributed by atoms with E-state index in [0.717, 1.165) is 41.1 Å². The highest BCUT2D eigenvalue weighted by atomic mass is 35.5. The van der Waals surface area contributed by atoms with Crippen LogP contribution in [0.4, 0.5) is 5.69 Å². The molecular weight excluding hydrogens is 346 g/mol. The first-order chi connectivity index (χ1) is 12.5. The molecule has 0 saturated carbocycles. The van der Waals surface area contributed by atoms with Crippen LogP contribution in [-0.2, 0) is 4.84 Å². The summed E-state index contributed by atoms with van der Waals surface area (Å²) in [6.45, 7) is 7.10. The Morgan fingerprint density at radius 3 is 2.69 bits per heavy atom. The van der Waals surface area contributed by atoms with Gasteiger partial charge in [0.15, 0.2) is 6.10 Å². The summed E-state index contributed by atoms with van der Waals surface area (Å²) >= 11 is 6.45. The third-order valence-corrected chi connectivity index (χ3v) is 4.93. The second-order valence-corrected chi connectivity index (χ2v) is 7.09. The molecule has 1 atom stereocenters. The molecular formula is C21H24ClN3O. The fraction of sp³-hybridized carbons (Fsp3) is 0.333. The van der Waals surface area contributed by atoms with Gasteiger partial charge in [-0.2, -0.15) is 0 Å². The van der Waals surface area contributed by atoms with E-state index in [-0.39, 0.29) is 6.10 Å². The van der Waals surface area contributed by atoms with Crippen molar-refractivity contribution in [2.75, 3.05) is 13.6 Å². The second-order valence-electron chi connectivity index (χ2n) is 6.68. The molecule has 0 aromatic heterocycles. The van der Waals surface area contributed by atoms with E-state index in [2.05, 4.69) is 55.2 Å². The number of oxime groups is 1. The summed E-state index contributed by atoms with van der Waals surface area (Å²) in [4.78, 5) is 12.2. The number of rotatable bonds is 5. The van der Waals surface area contributed by atoms with Crippen LogP contribution in [0.3, 0.4) is 0 Å². The molecule has 136 valence electrons. The second kappa shape index (κ2) is 7.92. The van der Waals surface area contributed by atoms with E-state index in [4.69, 9.17) is 16.4 Å². The van der Waals surface area contributed by atoms with Crippen molar-refractivity contribution in [2.45, 2.75) is 33.3 Å². The zero-order chi connectivity index (χ0) is 18.7. The average molecular weight is 370 g/mol. The van der Waals surface area contributed by atoms with Crippen LogP contribution in [0.15, 0.2) is 46.5 Å². The summed E-state index contributed by atoms with van der Waals surface area (Å²) in [5, 5.41) is 4.92. The first kappa shape index (κ1) is 18.5. The topological polar surface area (TPSA) is 37.2 Å². The lowest BCUT2D eigenvalue weighted by Gasteiger charge is -2.14. The Labute approximate surface area is 160 Å². The molecule has 0 N–H and O–H groups in total. The largest absolute Gasteiger partial charge is 0.387 e. The van der Waals surface area contributed by atoms with Gasteiger partial charge in [0.1, 0.15) is 0 Å². The van der Waals surface area contributed by atoms with Crippen molar-refractivity contribution >= 4 is 29.3 Å². The molecule has 1 aliphatic heterocycles. The summed E-state index contributed by atoms with van der Waals surface area (Å²) in [6, 6.07) is 12.3. The number of aliphatic imine (C=N–C) groups is 1. The molecule has 2 aromatic carbocycles. The van der Waals surface area contributed by atoms with E-state index in [1.165, 1.54) is 5.56 Å². The standard InChI is InChI=1S/C21H24ClN3O/c1-5-25(4)13-23-20-10-15(3)17(11-18(20)22)21-12-19(24-26-21)16-8-6-14(2)7-9-16/h6-11,13,21H,5,12H2,1-4H3/b23-13-. The van der Waals surface area contributed by atoms with Gasteiger partial charge in [-0.25, -0.2) is 4.99 Å². The summed E-state index contributed by atoms with van der Waals surface area (Å²) in [7, 11) is 1.98. The van der Waals surface area contributed by atoms with Gasteiger partial charge >= 0.3 is 0 Å². The Kier molecular flexibility index (Phi) is 5.62. The molecule has 1 heterocycles. The summed E-state index contributed by atoms with van der Waals surface area (Å²) in [5.41, 5.74) is 6.24. The highest BCUT2D eigenvalue weighted by Gasteiger charge is 2.26. The van der Waals surface area contributed by atoms with Crippen LogP contribution >= 0.6 is 11.6 Å². The van der Waals surface area contributed by atoms with Crippen molar-refractivity contribution in [3.8, 4) is 0 Å². The first-order valence-corrected chi connectivity index (χ1v) is 9.20. The van der Waals surface area contributed by atoms with Gasteiger partial charge in [0.05, 0.1) is 22.8 Å². The Morgan fingerprint density at radius 1 is 1.27 bits per heavy atom. The van der Waals surface area contributed by atoms with Gasteiger partial charge in [0.2, 0.25) is 0 Å². The lowest BCUT2D eigenvalue weighted by molar-refractivity contribution is 0.0853. The molecule has 0 bridgehead atoms. The van der Waals surface area contributed by atoms with Crippen LogP contribution in [-0.4, -0.2) is 30.5 Å². The molecule has 4 nitrogen and oxygen atoms in total. The van der Waals surface area contributed by atoms with Crippen molar-refractivity contribution < 1.29 is 4.84 Å². The molecule has 0 fully saturated rings. The van der Waals surface area contributed by atoms with Crippen molar-refractivity contribution in [1.82, 2.24) is 4.90 Å². The Balaban J connectivity index is 1.77. The molecule has 0 saturated heterocycles. The highest BCUT2D eigenvalue weighted by Crippen LogP contribution is 2.36. The van der Waals surface area contributed by atoms with Gasteiger partial charge in [-0.1, -0.05) is 46.6 Å². The molecule has 5 heteroatoms. The molecule has 3 rings (SSSR count). The van der Waals surface area contributed by atoms with E-state index >= 15 is 0 Å². The maximum Gasteiger partial charge on any atom is 0.158 e. The van der Waals surface area contributed by atoms with Crippen LogP contribution < -0.4 is 0 Å². The predicted molar refractivity (Wildman–Crippen MR) is 109 cm³/mol. The van der Waals surface area contributed by atoms with Crippen LogP contribution in [0.25, 0.3) is 0 Å². The van der Waals surface area contributed by atoms with Crippen LogP contribution in [0.1, 0.15) is 41.7 Å². The lowest BCUT2D eigenvalue weighted by Crippen LogP contribution is -2.14. The first-order valence-electron chi connectivity index (χ1n) is 8.82. The number of hydrogen-bond donors (Lipinski definition) is 0. The third kappa shape index (κ3) is 4.07. The van der Waals surface area contributed by atoms with E-state index in [1.807, 2.05) is 24.1 Å². The quantitative estimate of drug-likeness (QED) is 0.520. The molecule has 26 heavy (non-hydrogen) atoms. The number of benzene rings is 2. The minimum atomic E-state index is -0.111. The van der Waals surface area contributed by atoms with E-state index < -0.39 is 0 Å². The van der Waals surface area contributed by atoms with Crippen LogP contribution in [0, 0.1) is 13.8 Å². The zero-order valence-corrected chi connectivity index (χ0v) is 16.4. The SMILES string of the molecule is CCN(C)/C=N\c1cc(C)c(C2CC(c3ccc(C)cc3)=NO2)cc1Cl. The minimum absolute atomic E-state index is 0.111. The van der Waals surface area contributed by atoms with E-state index in [1.54, 1.807) is 6.34 Å². The number of halogens is 1. The highest BCUT2D eigenvalue weighted by molar-refractivity contribution is 6.33. The summed E-state index contributed by atoms with van der Waals surface area (Å²) in [5.74, 6) is 0. The Morgan fingerprint density at radius 2 is 2.00 bits per heavy atom. The minimum Gasteiger partial charge on any atom is -0.387 e. The molecule has 0 amide bonds. The average Bonchev–Trinajstić information content (AvgIpc) is 3.12. The van der Waals surface area contributed by atoms with E-state index in [9.17, 15) is 0 Å². The van der Waals surface area contributed by atoms with Gasteiger partial charge < -0.3 is 9.74 Å². The fourth-order valence-corrected chi connectivity index (χ4v) is 3.05. The Bertz CT molecular complexity index is 843. The van der Waals surface area contributed by atoms with Gasteiger partial charge in [-0.15, -0.1) is 0 Å². The number of hydrogen-bond acceptors (Lipinski definition) is 3. The van der Waals surface area contributed by atoms with Gasteiger partial charge in [-0.3, -0.25) is 0 Å². The molecule has 1 aliphatic rings. The molecule has 2 aromatic rings. The Hall–Kier alpha value is -2.33. The molecule has 0 aliphatic carbocycles. The van der Waals surface area contributed by atoms with Crippen molar-refractivity contribution in [1.29, 1.82) is 0 Å².